The molecule has 1 aliphatic heterocycles. The van der Waals surface area contributed by atoms with Gasteiger partial charge in [-0.2, -0.15) is 0 Å². The largest absolute Gasteiger partial charge is 0.343 e. The van der Waals surface area contributed by atoms with Gasteiger partial charge in [0.25, 0.3) is 0 Å². The number of carbonyl (C=O) groups excluding carboxylic acids is 1. The molecule has 1 aliphatic rings. The molecule has 0 aliphatic carbocycles. The van der Waals surface area contributed by atoms with Gasteiger partial charge >= 0.3 is 0 Å². The first-order valence-electron chi connectivity index (χ1n) is 8.00. The van der Waals surface area contributed by atoms with Crippen molar-refractivity contribution in [1.82, 2.24) is 9.80 Å². The van der Waals surface area contributed by atoms with Gasteiger partial charge in [0.2, 0.25) is 5.91 Å². The Hall–Kier alpha value is -0.770. The van der Waals surface area contributed by atoms with E-state index in [2.05, 4.69) is 4.90 Å². The normalized spacial score (nSPS) is 19.2. The highest BCUT2D eigenvalue weighted by Crippen LogP contribution is 2.28. The summed E-state index contributed by atoms with van der Waals surface area (Å²) in [5, 5.41) is 1.40. The van der Waals surface area contributed by atoms with Gasteiger partial charge in [0.1, 0.15) is 0 Å². The summed E-state index contributed by atoms with van der Waals surface area (Å²) in [5.74, 6) is 0.370. The summed E-state index contributed by atoms with van der Waals surface area (Å²) >= 11 is 12.5. The first-order chi connectivity index (χ1) is 10.6. The smallest absolute Gasteiger partial charge is 0.226 e. The summed E-state index contributed by atoms with van der Waals surface area (Å²) in [4.78, 5) is 16.8. The zero-order chi connectivity index (χ0) is 16.1. The second-order valence-corrected chi connectivity index (χ2v) is 6.60. The van der Waals surface area contributed by atoms with Crippen LogP contribution in [0.3, 0.4) is 0 Å². The zero-order valence-electron chi connectivity index (χ0n) is 13.3. The van der Waals surface area contributed by atoms with E-state index in [1.54, 1.807) is 0 Å². The Morgan fingerprint density at radius 1 is 1.27 bits per heavy atom. The zero-order valence-corrected chi connectivity index (χ0v) is 14.8. The lowest BCUT2D eigenvalue weighted by Gasteiger charge is -2.34. The van der Waals surface area contributed by atoms with Crippen LogP contribution < -0.4 is 0 Å². The third-order valence-corrected chi connectivity index (χ3v) is 5.08. The minimum Gasteiger partial charge on any atom is -0.343 e. The molecule has 0 radical (unpaired) electrons. The highest BCUT2D eigenvalue weighted by Gasteiger charge is 2.28. The predicted octanol–water partition coefficient (Wildman–Crippen LogP) is 4.07. The molecule has 0 bridgehead atoms. The van der Waals surface area contributed by atoms with Crippen LogP contribution in [-0.2, 0) is 11.3 Å². The predicted molar refractivity (Wildman–Crippen MR) is 92.4 cm³/mol. The lowest BCUT2D eigenvalue weighted by atomic mass is 9.96. The minimum atomic E-state index is 0.0925. The highest BCUT2D eigenvalue weighted by molar-refractivity contribution is 6.35. The van der Waals surface area contributed by atoms with Crippen molar-refractivity contribution < 1.29 is 4.79 Å². The number of nitrogens with zero attached hydrogens (tertiary/aromatic N) is 2. The van der Waals surface area contributed by atoms with Crippen LogP contribution in [0.15, 0.2) is 18.2 Å². The van der Waals surface area contributed by atoms with Gasteiger partial charge in [-0.25, -0.2) is 0 Å². The van der Waals surface area contributed by atoms with E-state index in [-0.39, 0.29) is 11.8 Å². The van der Waals surface area contributed by atoms with Crippen molar-refractivity contribution in [1.29, 1.82) is 0 Å². The number of benzene rings is 1. The Balaban J connectivity index is 2.03. The molecule has 1 aromatic carbocycles. The van der Waals surface area contributed by atoms with Crippen molar-refractivity contribution in [2.45, 2.75) is 33.2 Å². The van der Waals surface area contributed by atoms with Crippen LogP contribution in [0.25, 0.3) is 0 Å². The van der Waals surface area contributed by atoms with Crippen molar-refractivity contribution in [2.24, 2.45) is 5.92 Å². The van der Waals surface area contributed by atoms with Crippen molar-refractivity contribution in [2.75, 3.05) is 26.2 Å². The third kappa shape index (κ3) is 4.15. The number of piperidine rings is 1. The van der Waals surface area contributed by atoms with E-state index < -0.39 is 0 Å². The van der Waals surface area contributed by atoms with Gasteiger partial charge in [-0.1, -0.05) is 29.3 Å². The number of amides is 1. The second kappa shape index (κ2) is 8.19. The fourth-order valence-corrected chi connectivity index (χ4v) is 3.62. The molecule has 1 fully saturated rings. The van der Waals surface area contributed by atoms with Crippen molar-refractivity contribution >= 4 is 29.1 Å². The van der Waals surface area contributed by atoms with Gasteiger partial charge in [-0.3, -0.25) is 9.69 Å². The number of likely N-dealkylation sites (tertiary alicyclic amines) is 1. The molecule has 0 spiro atoms. The minimum absolute atomic E-state index is 0.0925. The van der Waals surface area contributed by atoms with Crippen LogP contribution in [0.5, 0.6) is 0 Å². The van der Waals surface area contributed by atoms with E-state index in [0.29, 0.717) is 16.6 Å². The van der Waals surface area contributed by atoms with Gasteiger partial charge < -0.3 is 4.90 Å². The molecule has 5 heteroatoms. The molecule has 1 amide bonds. The first kappa shape index (κ1) is 17.6. The fraction of sp³-hybridized carbons (Fsp3) is 0.588. The molecular weight excluding hydrogens is 319 g/mol. The second-order valence-electron chi connectivity index (χ2n) is 5.79. The number of carbonyl (C=O) groups is 1. The summed E-state index contributed by atoms with van der Waals surface area (Å²) in [6, 6.07) is 5.59. The Kier molecular flexibility index (Phi) is 6.54. The number of hydrogen-bond acceptors (Lipinski definition) is 2. The summed E-state index contributed by atoms with van der Waals surface area (Å²) in [6.45, 7) is 8.11. The molecule has 0 unspecified atom stereocenters. The van der Waals surface area contributed by atoms with Crippen molar-refractivity contribution in [3.63, 3.8) is 0 Å². The van der Waals surface area contributed by atoms with Crippen LogP contribution >= 0.6 is 23.2 Å². The molecule has 1 saturated heterocycles. The van der Waals surface area contributed by atoms with Crippen LogP contribution in [-0.4, -0.2) is 41.9 Å². The number of rotatable bonds is 5. The highest BCUT2D eigenvalue weighted by atomic mass is 35.5. The van der Waals surface area contributed by atoms with Crippen LogP contribution in [0.1, 0.15) is 32.3 Å². The maximum absolute atomic E-state index is 12.5. The monoisotopic (exact) mass is 342 g/mol. The molecule has 1 heterocycles. The molecule has 1 atom stereocenters. The van der Waals surface area contributed by atoms with E-state index >= 15 is 0 Å². The molecule has 22 heavy (non-hydrogen) atoms. The van der Waals surface area contributed by atoms with Gasteiger partial charge in [0.05, 0.1) is 5.92 Å². The molecule has 2 rings (SSSR count). The molecule has 122 valence electrons. The van der Waals surface area contributed by atoms with Gasteiger partial charge in [-0.05, 0) is 45.4 Å². The SMILES string of the molecule is CCN(CC)C(=O)[C@H]1CCCN(Cc2c(Cl)cccc2Cl)C1. The molecule has 0 saturated carbocycles. The van der Waals surface area contributed by atoms with E-state index in [1.165, 1.54) is 0 Å². The molecule has 3 nitrogen and oxygen atoms in total. The third-order valence-electron chi connectivity index (χ3n) is 4.37. The maximum Gasteiger partial charge on any atom is 0.226 e. The van der Waals surface area contributed by atoms with E-state index in [0.717, 1.165) is 44.6 Å². The summed E-state index contributed by atoms with van der Waals surface area (Å²) in [6.07, 6.45) is 2.02. The van der Waals surface area contributed by atoms with Crippen molar-refractivity contribution in [3.8, 4) is 0 Å². The maximum atomic E-state index is 12.5. The van der Waals surface area contributed by atoms with E-state index in [1.807, 2.05) is 36.9 Å². The quantitative estimate of drug-likeness (QED) is 0.804. The molecule has 1 aromatic rings. The van der Waals surface area contributed by atoms with Gasteiger partial charge in [-0.15, -0.1) is 0 Å². The molecular formula is C17H24Cl2N2O. The van der Waals surface area contributed by atoms with Crippen LogP contribution in [0.4, 0.5) is 0 Å². The van der Waals surface area contributed by atoms with Crippen molar-refractivity contribution in [3.05, 3.63) is 33.8 Å². The Morgan fingerprint density at radius 3 is 2.50 bits per heavy atom. The average molecular weight is 343 g/mol. The Labute approximate surface area is 143 Å². The molecule has 0 N–H and O–H groups in total. The number of halogens is 2. The summed E-state index contributed by atoms with van der Waals surface area (Å²) in [5.41, 5.74) is 0.960. The lowest BCUT2D eigenvalue weighted by Crippen LogP contribution is -2.44. The Morgan fingerprint density at radius 2 is 1.91 bits per heavy atom. The topological polar surface area (TPSA) is 23.6 Å². The van der Waals surface area contributed by atoms with Gasteiger partial charge in [0, 0.05) is 41.8 Å². The lowest BCUT2D eigenvalue weighted by molar-refractivity contribution is -0.137. The Bertz CT molecular complexity index is 497. The van der Waals surface area contributed by atoms with Crippen LogP contribution in [0, 0.1) is 5.92 Å². The first-order valence-corrected chi connectivity index (χ1v) is 8.76. The van der Waals surface area contributed by atoms with Crippen LogP contribution in [0.2, 0.25) is 10.0 Å². The standard InChI is InChI=1S/C17H24Cl2N2O/c1-3-21(4-2)17(22)13-7-6-10-20(11-13)12-14-15(18)8-5-9-16(14)19/h5,8-9,13H,3-4,6-7,10-12H2,1-2H3/t13-/m0/s1. The van der Waals surface area contributed by atoms with E-state index in [9.17, 15) is 4.79 Å². The average Bonchev–Trinajstić information content (AvgIpc) is 2.52. The molecule has 0 aromatic heterocycles. The van der Waals surface area contributed by atoms with E-state index in [4.69, 9.17) is 23.2 Å². The summed E-state index contributed by atoms with van der Waals surface area (Å²) < 4.78 is 0. The van der Waals surface area contributed by atoms with Gasteiger partial charge in [0.15, 0.2) is 0 Å². The summed E-state index contributed by atoms with van der Waals surface area (Å²) in [7, 11) is 0. The fourth-order valence-electron chi connectivity index (χ4n) is 3.10. The number of hydrogen-bond donors (Lipinski definition) is 0.